The summed E-state index contributed by atoms with van der Waals surface area (Å²) >= 11 is 5.84. The number of aromatic nitrogens is 3. The Bertz CT molecular complexity index is 441. The second-order valence-electron chi connectivity index (χ2n) is 2.62. The van der Waals surface area contributed by atoms with Gasteiger partial charge in [-0.3, -0.25) is 4.57 Å². The number of nitrogens with zero attached hydrogens (tertiary/aromatic N) is 3. The van der Waals surface area contributed by atoms with Gasteiger partial charge in [0.15, 0.2) is 0 Å². The highest BCUT2D eigenvalue weighted by molar-refractivity contribution is 6.28. The van der Waals surface area contributed by atoms with Crippen molar-refractivity contribution in [2.45, 2.75) is 0 Å². The molecule has 0 aromatic carbocycles. The van der Waals surface area contributed by atoms with E-state index in [0.717, 1.165) is 5.75 Å². The number of rotatable bonds is 2. The monoisotopic (exact) mass is 209 g/mol. The number of hydrogen-bond acceptors (Lipinski definition) is 3. The molecule has 0 spiro atoms. The molecule has 72 valence electrons. The van der Waals surface area contributed by atoms with Gasteiger partial charge < -0.3 is 4.74 Å². The zero-order chi connectivity index (χ0) is 9.97. The molecule has 2 aromatic rings. The van der Waals surface area contributed by atoms with Gasteiger partial charge in [-0.15, -0.1) is 0 Å². The van der Waals surface area contributed by atoms with Crippen molar-refractivity contribution in [3.8, 4) is 11.6 Å². The van der Waals surface area contributed by atoms with Crippen LogP contribution in [0.2, 0.25) is 5.28 Å². The Kier molecular flexibility index (Phi) is 2.37. The van der Waals surface area contributed by atoms with E-state index in [2.05, 4.69) is 9.97 Å². The van der Waals surface area contributed by atoms with E-state index in [9.17, 15) is 0 Å². The molecule has 2 rings (SSSR count). The van der Waals surface area contributed by atoms with E-state index in [1.807, 2.05) is 0 Å². The van der Waals surface area contributed by atoms with Crippen molar-refractivity contribution < 1.29 is 4.74 Å². The van der Waals surface area contributed by atoms with Crippen LogP contribution in [0.25, 0.3) is 5.82 Å². The molecule has 2 heterocycles. The molecule has 0 fully saturated rings. The van der Waals surface area contributed by atoms with Crippen LogP contribution < -0.4 is 4.74 Å². The zero-order valence-electron chi connectivity index (χ0n) is 7.51. The lowest BCUT2D eigenvalue weighted by Crippen LogP contribution is -1.96. The van der Waals surface area contributed by atoms with Crippen LogP contribution >= 0.6 is 11.6 Å². The Morgan fingerprint density at radius 3 is 2.86 bits per heavy atom. The SMILES string of the molecule is COc1ccnc(-n2ccnc2Cl)c1. The minimum atomic E-state index is 0.380. The Labute approximate surface area is 86.1 Å². The number of ether oxygens (including phenoxy) is 1. The predicted molar refractivity (Wildman–Crippen MR) is 52.9 cm³/mol. The highest BCUT2D eigenvalue weighted by Gasteiger charge is 2.03. The summed E-state index contributed by atoms with van der Waals surface area (Å²) in [4.78, 5) is 8.05. The second-order valence-corrected chi connectivity index (χ2v) is 2.96. The number of halogens is 1. The van der Waals surface area contributed by atoms with E-state index in [1.165, 1.54) is 0 Å². The Morgan fingerprint density at radius 1 is 1.36 bits per heavy atom. The maximum Gasteiger partial charge on any atom is 0.208 e. The van der Waals surface area contributed by atoms with E-state index in [0.29, 0.717) is 11.1 Å². The fourth-order valence-corrected chi connectivity index (χ4v) is 1.31. The quantitative estimate of drug-likeness (QED) is 0.759. The molecule has 14 heavy (non-hydrogen) atoms. The van der Waals surface area contributed by atoms with Gasteiger partial charge in [0.25, 0.3) is 0 Å². The molecule has 0 amide bonds. The van der Waals surface area contributed by atoms with Crippen molar-refractivity contribution in [2.75, 3.05) is 7.11 Å². The van der Waals surface area contributed by atoms with Gasteiger partial charge in [-0.2, -0.15) is 0 Å². The average molecular weight is 210 g/mol. The molecular weight excluding hydrogens is 202 g/mol. The summed E-state index contributed by atoms with van der Waals surface area (Å²) in [6, 6.07) is 3.56. The van der Waals surface area contributed by atoms with Gasteiger partial charge in [0.1, 0.15) is 11.6 Å². The summed E-state index contributed by atoms with van der Waals surface area (Å²) in [6.45, 7) is 0. The van der Waals surface area contributed by atoms with Gasteiger partial charge in [0.2, 0.25) is 5.28 Å². The Balaban J connectivity index is 2.47. The van der Waals surface area contributed by atoms with Crippen LogP contribution in [0.5, 0.6) is 5.75 Å². The van der Waals surface area contributed by atoms with E-state index in [4.69, 9.17) is 16.3 Å². The van der Waals surface area contributed by atoms with Gasteiger partial charge in [-0.25, -0.2) is 9.97 Å². The van der Waals surface area contributed by atoms with Crippen LogP contribution in [-0.4, -0.2) is 21.6 Å². The van der Waals surface area contributed by atoms with Crippen LogP contribution in [0.4, 0.5) is 0 Å². The maximum atomic E-state index is 5.84. The molecule has 0 unspecified atom stereocenters. The molecule has 0 N–H and O–H groups in total. The number of methoxy groups -OCH3 is 1. The van der Waals surface area contributed by atoms with Gasteiger partial charge in [0.05, 0.1) is 7.11 Å². The first kappa shape index (κ1) is 9.02. The van der Waals surface area contributed by atoms with Crippen molar-refractivity contribution in [2.24, 2.45) is 0 Å². The number of hydrogen-bond donors (Lipinski definition) is 0. The normalized spacial score (nSPS) is 10.1. The summed E-state index contributed by atoms with van der Waals surface area (Å²) in [5.41, 5.74) is 0. The molecule has 5 heteroatoms. The van der Waals surface area contributed by atoms with E-state index < -0.39 is 0 Å². The zero-order valence-corrected chi connectivity index (χ0v) is 8.27. The first-order valence-corrected chi connectivity index (χ1v) is 4.38. The lowest BCUT2D eigenvalue weighted by atomic mass is 10.4. The van der Waals surface area contributed by atoms with Crippen molar-refractivity contribution in [1.29, 1.82) is 0 Å². The predicted octanol–water partition coefficient (Wildman–Crippen LogP) is 1.93. The van der Waals surface area contributed by atoms with Crippen molar-refractivity contribution >= 4 is 11.6 Å². The van der Waals surface area contributed by atoms with Crippen LogP contribution in [0.1, 0.15) is 0 Å². The summed E-state index contributed by atoms with van der Waals surface area (Å²) < 4.78 is 6.75. The molecule has 0 bridgehead atoms. The lowest BCUT2D eigenvalue weighted by Gasteiger charge is -2.04. The van der Waals surface area contributed by atoms with Crippen LogP contribution in [0.15, 0.2) is 30.7 Å². The molecule has 0 aliphatic rings. The maximum absolute atomic E-state index is 5.84. The topological polar surface area (TPSA) is 39.9 Å². The molecule has 4 nitrogen and oxygen atoms in total. The molecule has 0 atom stereocenters. The van der Waals surface area contributed by atoms with Crippen molar-refractivity contribution in [1.82, 2.24) is 14.5 Å². The van der Waals surface area contributed by atoms with Gasteiger partial charge in [-0.1, -0.05) is 0 Å². The summed E-state index contributed by atoms with van der Waals surface area (Å²) in [6.07, 6.45) is 5.01. The fraction of sp³-hybridized carbons (Fsp3) is 0.111. The largest absolute Gasteiger partial charge is 0.497 e. The molecule has 0 aliphatic heterocycles. The second kappa shape index (κ2) is 3.67. The first-order chi connectivity index (χ1) is 6.81. The Hall–Kier alpha value is -1.55. The van der Waals surface area contributed by atoms with Gasteiger partial charge >= 0.3 is 0 Å². The molecule has 0 saturated heterocycles. The minimum absolute atomic E-state index is 0.380. The number of imidazole rings is 1. The van der Waals surface area contributed by atoms with E-state index in [1.54, 1.807) is 42.4 Å². The van der Waals surface area contributed by atoms with Crippen molar-refractivity contribution in [3.05, 3.63) is 36.0 Å². The van der Waals surface area contributed by atoms with Crippen LogP contribution in [-0.2, 0) is 0 Å². The highest BCUT2D eigenvalue weighted by Crippen LogP contribution is 2.16. The Morgan fingerprint density at radius 2 is 2.21 bits per heavy atom. The standard InChI is InChI=1S/C9H8ClN3O/c1-14-7-2-3-11-8(6-7)13-5-4-12-9(13)10/h2-6H,1H3. The van der Waals surface area contributed by atoms with Crippen LogP contribution in [0.3, 0.4) is 0 Å². The number of pyridine rings is 1. The average Bonchev–Trinajstić information content (AvgIpc) is 2.65. The summed E-state index contributed by atoms with van der Waals surface area (Å²) in [5.74, 6) is 1.42. The first-order valence-electron chi connectivity index (χ1n) is 4.00. The van der Waals surface area contributed by atoms with Gasteiger partial charge in [-0.05, 0) is 17.7 Å². The third-order valence-electron chi connectivity index (χ3n) is 1.80. The molecule has 2 aromatic heterocycles. The van der Waals surface area contributed by atoms with E-state index >= 15 is 0 Å². The smallest absolute Gasteiger partial charge is 0.208 e. The third kappa shape index (κ3) is 1.56. The van der Waals surface area contributed by atoms with Crippen LogP contribution in [0, 0.1) is 0 Å². The molecule has 0 aliphatic carbocycles. The summed E-state index contributed by atoms with van der Waals surface area (Å²) in [5, 5.41) is 0.380. The molecule has 0 saturated carbocycles. The highest BCUT2D eigenvalue weighted by atomic mass is 35.5. The lowest BCUT2D eigenvalue weighted by molar-refractivity contribution is 0.414. The van der Waals surface area contributed by atoms with Crippen molar-refractivity contribution in [3.63, 3.8) is 0 Å². The molecular formula is C9H8ClN3O. The molecule has 0 radical (unpaired) electrons. The fourth-order valence-electron chi connectivity index (χ4n) is 1.11. The van der Waals surface area contributed by atoms with E-state index in [-0.39, 0.29) is 0 Å². The third-order valence-corrected chi connectivity index (χ3v) is 2.07. The van der Waals surface area contributed by atoms with Gasteiger partial charge in [0, 0.05) is 24.7 Å². The summed E-state index contributed by atoms with van der Waals surface area (Å²) in [7, 11) is 1.61. The minimum Gasteiger partial charge on any atom is -0.497 e.